The maximum Gasteiger partial charge on any atom is 0.0595 e. The minimum atomic E-state index is 0.419. The Morgan fingerprint density at radius 2 is 2.12 bits per heavy atom. The molecule has 0 radical (unpaired) electrons. The summed E-state index contributed by atoms with van der Waals surface area (Å²) in [6, 6.07) is 5.66. The van der Waals surface area contributed by atoms with Crippen molar-refractivity contribution < 1.29 is 4.74 Å². The molecule has 1 fully saturated rings. The van der Waals surface area contributed by atoms with Crippen molar-refractivity contribution in [1.82, 2.24) is 4.90 Å². The number of likely N-dealkylation sites (tertiary alicyclic amines) is 1. The molecule has 0 bridgehead atoms. The lowest BCUT2D eigenvalue weighted by molar-refractivity contribution is 0.0389. The van der Waals surface area contributed by atoms with E-state index in [2.05, 4.69) is 4.90 Å². The molecule has 0 unspecified atom stereocenters. The van der Waals surface area contributed by atoms with Crippen LogP contribution in [0.2, 0.25) is 5.02 Å². The summed E-state index contributed by atoms with van der Waals surface area (Å²) in [7, 11) is 1.79. The molecule has 3 nitrogen and oxygen atoms in total. The van der Waals surface area contributed by atoms with Gasteiger partial charge >= 0.3 is 0 Å². The molecule has 0 saturated carbocycles. The summed E-state index contributed by atoms with van der Waals surface area (Å²) in [4.78, 5) is 2.40. The Kier molecular flexibility index (Phi) is 4.26. The highest BCUT2D eigenvalue weighted by atomic mass is 35.5. The van der Waals surface area contributed by atoms with E-state index >= 15 is 0 Å². The van der Waals surface area contributed by atoms with Gasteiger partial charge in [0, 0.05) is 37.5 Å². The number of nitrogens with two attached hydrogens (primary N) is 1. The molecule has 1 aliphatic rings. The van der Waals surface area contributed by atoms with Gasteiger partial charge in [0.25, 0.3) is 0 Å². The van der Waals surface area contributed by atoms with Gasteiger partial charge in [-0.1, -0.05) is 11.6 Å². The predicted molar refractivity (Wildman–Crippen MR) is 71.2 cm³/mol. The number of piperidine rings is 1. The molecule has 94 valence electrons. The molecule has 17 heavy (non-hydrogen) atoms. The van der Waals surface area contributed by atoms with Crippen molar-refractivity contribution in [3.8, 4) is 0 Å². The molecule has 0 amide bonds. The summed E-state index contributed by atoms with van der Waals surface area (Å²) in [6.45, 7) is 3.00. The molecule has 0 spiro atoms. The summed E-state index contributed by atoms with van der Waals surface area (Å²) < 4.78 is 5.36. The van der Waals surface area contributed by atoms with Gasteiger partial charge < -0.3 is 10.5 Å². The quantitative estimate of drug-likeness (QED) is 0.843. The van der Waals surface area contributed by atoms with Crippen molar-refractivity contribution in [2.45, 2.75) is 25.5 Å². The number of nitrogens with zero attached hydrogens (tertiary/aromatic N) is 1. The Hall–Kier alpha value is -0.770. The molecule has 0 aliphatic carbocycles. The van der Waals surface area contributed by atoms with Gasteiger partial charge in [0.2, 0.25) is 0 Å². The number of rotatable bonds is 3. The first kappa shape index (κ1) is 12.7. The summed E-state index contributed by atoms with van der Waals surface area (Å²) in [6.07, 6.45) is 2.61. The molecule has 2 N–H and O–H groups in total. The van der Waals surface area contributed by atoms with Crippen LogP contribution in [0, 0.1) is 0 Å². The van der Waals surface area contributed by atoms with Gasteiger partial charge in [-0.2, -0.15) is 0 Å². The van der Waals surface area contributed by atoms with Crippen LogP contribution in [0.1, 0.15) is 18.4 Å². The SMILES string of the molecule is COC1CCN(Cc2cc(Cl)ccc2N)CC1. The van der Waals surface area contributed by atoms with E-state index in [0.717, 1.165) is 48.7 Å². The average Bonchev–Trinajstić information content (AvgIpc) is 2.35. The number of halogens is 1. The lowest BCUT2D eigenvalue weighted by Crippen LogP contribution is -2.36. The molecule has 2 rings (SSSR count). The minimum Gasteiger partial charge on any atom is -0.398 e. The Bertz CT molecular complexity index is 376. The average molecular weight is 255 g/mol. The van der Waals surface area contributed by atoms with Crippen LogP contribution in [0.15, 0.2) is 18.2 Å². The Labute approximate surface area is 107 Å². The van der Waals surface area contributed by atoms with Crippen LogP contribution in [0.4, 0.5) is 5.69 Å². The van der Waals surface area contributed by atoms with Crippen molar-refractivity contribution in [2.75, 3.05) is 25.9 Å². The van der Waals surface area contributed by atoms with E-state index in [1.54, 1.807) is 7.11 Å². The fourth-order valence-corrected chi connectivity index (χ4v) is 2.45. The largest absolute Gasteiger partial charge is 0.398 e. The third kappa shape index (κ3) is 3.35. The molecular formula is C13H19ClN2O. The summed E-state index contributed by atoms with van der Waals surface area (Å²) in [5.41, 5.74) is 7.89. The van der Waals surface area contributed by atoms with E-state index in [4.69, 9.17) is 22.1 Å². The Balaban J connectivity index is 1.95. The fourth-order valence-electron chi connectivity index (χ4n) is 2.26. The zero-order chi connectivity index (χ0) is 12.3. The normalized spacial score (nSPS) is 18.5. The van der Waals surface area contributed by atoms with Gasteiger partial charge in [-0.3, -0.25) is 4.90 Å². The summed E-state index contributed by atoms with van der Waals surface area (Å²) in [5.74, 6) is 0. The highest BCUT2D eigenvalue weighted by Crippen LogP contribution is 2.22. The standard InChI is InChI=1S/C13H19ClN2O/c1-17-12-4-6-16(7-5-12)9-10-8-11(14)2-3-13(10)15/h2-3,8,12H,4-7,9,15H2,1H3. The number of ether oxygens (including phenoxy) is 1. The molecule has 1 saturated heterocycles. The first-order valence-corrected chi connectivity index (χ1v) is 6.36. The van der Waals surface area contributed by atoms with Crippen molar-refractivity contribution >= 4 is 17.3 Å². The number of hydrogen-bond acceptors (Lipinski definition) is 3. The smallest absolute Gasteiger partial charge is 0.0595 e. The van der Waals surface area contributed by atoms with E-state index in [-0.39, 0.29) is 0 Å². The van der Waals surface area contributed by atoms with Crippen LogP contribution in [-0.4, -0.2) is 31.2 Å². The highest BCUT2D eigenvalue weighted by Gasteiger charge is 2.19. The molecule has 0 atom stereocenters. The van der Waals surface area contributed by atoms with Crippen molar-refractivity contribution in [2.24, 2.45) is 0 Å². The van der Waals surface area contributed by atoms with Gasteiger partial charge in [0.1, 0.15) is 0 Å². The van der Waals surface area contributed by atoms with Crippen LogP contribution < -0.4 is 5.73 Å². The zero-order valence-corrected chi connectivity index (χ0v) is 10.9. The topological polar surface area (TPSA) is 38.5 Å². The molecule has 1 aromatic carbocycles. The summed E-state index contributed by atoms with van der Waals surface area (Å²) in [5, 5.41) is 0.751. The second kappa shape index (κ2) is 5.71. The van der Waals surface area contributed by atoms with Crippen molar-refractivity contribution in [3.05, 3.63) is 28.8 Å². The van der Waals surface area contributed by atoms with Crippen molar-refractivity contribution in [1.29, 1.82) is 0 Å². The molecule has 0 aromatic heterocycles. The van der Waals surface area contributed by atoms with Gasteiger partial charge in [-0.25, -0.2) is 0 Å². The third-order valence-corrected chi connectivity index (χ3v) is 3.60. The molecule has 1 aromatic rings. The first-order valence-electron chi connectivity index (χ1n) is 5.98. The number of methoxy groups -OCH3 is 1. The van der Waals surface area contributed by atoms with E-state index in [1.807, 2.05) is 18.2 Å². The lowest BCUT2D eigenvalue weighted by atomic mass is 10.1. The lowest BCUT2D eigenvalue weighted by Gasteiger charge is -2.31. The second-order valence-electron chi connectivity index (χ2n) is 4.55. The van der Waals surface area contributed by atoms with E-state index < -0.39 is 0 Å². The molecule has 1 aliphatic heterocycles. The van der Waals surface area contributed by atoms with E-state index in [9.17, 15) is 0 Å². The monoisotopic (exact) mass is 254 g/mol. The number of anilines is 1. The van der Waals surface area contributed by atoms with Gasteiger partial charge in [0.15, 0.2) is 0 Å². The third-order valence-electron chi connectivity index (χ3n) is 3.37. The highest BCUT2D eigenvalue weighted by molar-refractivity contribution is 6.30. The zero-order valence-electron chi connectivity index (χ0n) is 10.2. The van der Waals surface area contributed by atoms with Gasteiger partial charge in [-0.15, -0.1) is 0 Å². The van der Waals surface area contributed by atoms with Crippen LogP contribution in [0.25, 0.3) is 0 Å². The molecule has 1 heterocycles. The molecule has 4 heteroatoms. The van der Waals surface area contributed by atoms with E-state index in [1.165, 1.54) is 0 Å². The number of nitrogen functional groups attached to an aromatic ring is 1. The van der Waals surface area contributed by atoms with Gasteiger partial charge in [-0.05, 0) is 36.6 Å². The summed E-state index contributed by atoms with van der Waals surface area (Å²) >= 11 is 5.99. The number of benzene rings is 1. The Morgan fingerprint density at radius 3 is 2.76 bits per heavy atom. The predicted octanol–water partition coefficient (Wildman–Crippen LogP) is 2.53. The number of hydrogen-bond donors (Lipinski definition) is 1. The maximum atomic E-state index is 5.99. The van der Waals surface area contributed by atoms with Crippen molar-refractivity contribution in [3.63, 3.8) is 0 Å². The van der Waals surface area contributed by atoms with Crippen LogP contribution >= 0.6 is 11.6 Å². The maximum absolute atomic E-state index is 5.99. The van der Waals surface area contributed by atoms with Crippen LogP contribution in [0.5, 0.6) is 0 Å². The minimum absolute atomic E-state index is 0.419. The van der Waals surface area contributed by atoms with Crippen LogP contribution in [-0.2, 0) is 11.3 Å². The molecular weight excluding hydrogens is 236 g/mol. The van der Waals surface area contributed by atoms with Gasteiger partial charge in [0.05, 0.1) is 6.10 Å². The first-order chi connectivity index (χ1) is 8.19. The Morgan fingerprint density at radius 1 is 1.41 bits per heavy atom. The van der Waals surface area contributed by atoms with Crippen LogP contribution in [0.3, 0.4) is 0 Å². The van der Waals surface area contributed by atoms with E-state index in [0.29, 0.717) is 6.10 Å². The fraction of sp³-hybridized carbons (Fsp3) is 0.538. The second-order valence-corrected chi connectivity index (χ2v) is 4.99.